The lowest BCUT2D eigenvalue weighted by Gasteiger charge is -2.06. The van der Waals surface area contributed by atoms with Gasteiger partial charge in [0.2, 0.25) is 0 Å². The van der Waals surface area contributed by atoms with Gasteiger partial charge in [-0.3, -0.25) is 4.79 Å². The number of carbonyl (C=O) groups excluding carboxylic acids is 1. The number of benzene rings is 1. The second kappa shape index (κ2) is 8.28. The van der Waals surface area contributed by atoms with Gasteiger partial charge in [0.1, 0.15) is 5.82 Å². The number of likely N-dealkylation sites (N-methyl/N-ethyl adjacent to an activating group) is 1. The summed E-state index contributed by atoms with van der Waals surface area (Å²) in [6.07, 6.45) is 0. The van der Waals surface area contributed by atoms with Crippen molar-refractivity contribution in [2.75, 3.05) is 19.6 Å². The molecule has 0 saturated heterocycles. The van der Waals surface area contributed by atoms with Crippen LogP contribution in [0.25, 0.3) is 0 Å². The van der Waals surface area contributed by atoms with Gasteiger partial charge in [-0.1, -0.05) is 18.5 Å². The lowest BCUT2D eigenvalue weighted by Crippen LogP contribution is -2.32. The first-order valence-electron chi connectivity index (χ1n) is 5.09. The highest BCUT2D eigenvalue weighted by Gasteiger charge is 2.11. The van der Waals surface area contributed by atoms with E-state index < -0.39 is 11.7 Å². The number of carbonyl (C=O) groups is 1. The molecule has 0 saturated carbocycles. The van der Waals surface area contributed by atoms with Crippen molar-refractivity contribution < 1.29 is 9.18 Å². The van der Waals surface area contributed by atoms with Crippen molar-refractivity contribution >= 4 is 29.9 Å². The average molecular weight is 281 g/mol. The third-order valence-corrected chi connectivity index (χ3v) is 2.25. The van der Waals surface area contributed by atoms with Crippen LogP contribution in [0.1, 0.15) is 17.3 Å². The Bertz CT molecular complexity index is 374. The fourth-order valence-corrected chi connectivity index (χ4v) is 1.38. The molecule has 96 valence electrons. The Balaban J connectivity index is 0.00000256. The lowest BCUT2D eigenvalue weighted by atomic mass is 10.2. The zero-order chi connectivity index (χ0) is 12.0. The summed E-state index contributed by atoms with van der Waals surface area (Å²) in [5.41, 5.74) is -0.0241. The molecule has 0 bridgehead atoms. The van der Waals surface area contributed by atoms with Crippen molar-refractivity contribution in [1.29, 1.82) is 0 Å². The summed E-state index contributed by atoms with van der Waals surface area (Å²) in [7, 11) is 0. The van der Waals surface area contributed by atoms with Crippen LogP contribution < -0.4 is 10.6 Å². The molecule has 0 fully saturated rings. The molecule has 0 atom stereocenters. The van der Waals surface area contributed by atoms with E-state index in [1.54, 1.807) is 0 Å². The molecule has 0 radical (unpaired) electrons. The first-order valence-corrected chi connectivity index (χ1v) is 5.47. The van der Waals surface area contributed by atoms with Gasteiger partial charge in [-0.05, 0) is 24.7 Å². The summed E-state index contributed by atoms with van der Waals surface area (Å²) in [5, 5.41) is 5.99. The quantitative estimate of drug-likeness (QED) is 0.813. The summed E-state index contributed by atoms with van der Waals surface area (Å²) in [6.45, 7) is 3.92. The van der Waals surface area contributed by atoms with Gasteiger partial charge in [0, 0.05) is 18.1 Å². The molecule has 0 aliphatic carbocycles. The van der Waals surface area contributed by atoms with Crippen molar-refractivity contribution in [2.24, 2.45) is 0 Å². The van der Waals surface area contributed by atoms with Gasteiger partial charge in [0.05, 0.1) is 5.56 Å². The molecular formula is C11H15Cl2FN2O. The molecule has 0 spiro atoms. The van der Waals surface area contributed by atoms with E-state index >= 15 is 0 Å². The maximum atomic E-state index is 13.3. The van der Waals surface area contributed by atoms with Crippen LogP contribution in [0.15, 0.2) is 18.2 Å². The number of hydrogen-bond donors (Lipinski definition) is 2. The SMILES string of the molecule is CCNCCNC(=O)c1cc(Cl)ccc1F.Cl. The van der Waals surface area contributed by atoms with Crippen molar-refractivity contribution in [1.82, 2.24) is 10.6 Å². The number of nitrogens with one attached hydrogen (secondary N) is 2. The molecule has 0 heterocycles. The van der Waals surface area contributed by atoms with E-state index in [4.69, 9.17) is 11.6 Å². The second-order valence-corrected chi connectivity index (χ2v) is 3.67. The third kappa shape index (κ3) is 5.35. The van der Waals surface area contributed by atoms with E-state index in [2.05, 4.69) is 10.6 Å². The third-order valence-electron chi connectivity index (χ3n) is 2.01. The molecule has 1 aromatic rings. The Hall–Kier alpha value is -0.840. The van der Waals surface area contributed by atoms with Gasteiger partial charge < -0.3 is 10.6 Å². The highest BCUT2D eigenvalue weighted by molar-refractivity contribution is 6.30. The lowest BCUT2D eigenvalue weighted by molar-refractivity contribution is 0.0950. The minimum Gasteiger partial charge on any atom is -0.351 e. The van der Waals surface area contributed by atoms with Gasteiger partial charge in [0.25, 0.3) is 5.91 Å². The summed E-state index contributed by atoms with van der Waals surface area (Å²) in [6, 6.07) is 3.91. The fourth-order valence-electron chi connectivity index (χ4n) is 1.21. The number of amides is 1. The molecular weight excluding hydrogens is 266 g/mol. The molecule has 6 heteroatoms. The molecule has 3 nitrogen and oxygen atoms in total. The van der Waals surface area contributed by atoms with Crippen LogP contribution in [0.5, 0.6) is 0 Å². The predicted octanol–water partition coefficient (Wildman–Crippen LogP) is 2.24. The van der Waals surface area contributed by atoms with Crippen LogP contribution in [0, 0.1) is 5.82 Å². The average Bonchev–Trinajstić information content (AvgIpc) is 2.27. The van der Waals surface area contributed by atoms with Crippen LogP contribution in [-0.4, -0.2) is 25.5 Å². The Morgan fingerprint density at radius 3 is 2.76 bits per heavy atom. The van der Waals surface area contributed by atoms with Crippen LogP contribution in [0.2, 0.25) is 5.02 Å². The zero-order valence-corrected chi connectivity index (χ0v) is 11.0. The molecule has 0 unspecified atom stereocenters. The molecule has 0 aliphatic heterocycles. The summed E-state index contributed by atoms with van der Waals surface area (Å²) >= 11 is 5.69. The molecule has 1 rings (SSSR count). The minimum absolute atomic E-state index is 0. The van der Waals surface area contributed by atoms with Crippen LogP contribution in [-0.2, 0) is 0 Å². The van der Waals surface area contributed by atoms with E-state index in [0.717, 1.165) is 6.54 Å². The Morgan fingerprint density at radius 2 is 2.12 bits per heavy atom. The highest BCUT2D eigenvalue weighted by atomic mass is 35.5. The summed E-state index contributed by atoms with van der Waals surface area (Å²) < 4.78 is 13.3. The van der Waals surface area contributed by atoms with Crippen molar-refractivity contribution in [3.63, 3.8) is 0 Å². The Labute approximate surface area is 111 Å². The standard InChI is InChI=1S/C11H14ClFN2O.ClH/c1-2-14-5-6-15-11(16)9-7-8(12)3-4-10(9)13;/h3-4,7,14H,2,5-6H2,1H3,(H,15,16);1H. The van der Waals surface area contributed by atoms with E-state index in [1.165, 1.54) is 18.2 Å². The fraction of sp³-hybridized carbons (Fsp3) is 0.364. The largest absolute Gasteiger partial charge is 0.351 e. The van der Waals surface area contributed by atoms with Crippen LogP contribution in [0.3, 0.4) is 0 Å². The Morgan fingerprint density at radius 1 is 1.41 bits per heavy atom. The maximum Gasteiger partial charge on any atom is 0.254 e. The molecule has 1 amide bonds. The van der Waals surface area contributed by atoms with Crippen molar-refractivity contribution in [3.8, 4) is 0 Å². The molecule has 0 aliphatic rings. The van der Waals surface area contributed by atoms with Crippen molar-refractivity contribution in [2.45, 2.75) is 6.92 Å². The van der Waals surface area contributed by atoms with E-state index in [1.807, 2.05) is 6.92 Å². The van der Waals surface area contributed by atoms with Gasteiger partial charge >= 0.3 is 0 Å². The first-order chi connectivity index (χ1) is 7.65. The molecule has 0 aromatic heterocycles. The smallest absolute Gasteiger partial charge is 0.254 e. The number of hydrogen-bond acceptors (Lipinski definition) is 2. The van der Waals surface area contributed by atoms with Crippen LogP contribution in [0.4, 0.5) is 4.39 Å². The zero-order valence-electron chi connectivity index (χ0n) is 9.43. The van der Waals surface area contributed by atoms with E-state index in [-0.39, 0.29) is 18.0 Å². The van der Waals surface area contributed by atoms with Crippen LogP contribution >= 0.6 is 24.0 Å². The summed E-state index contributed by atoms with van der Waals surface area (Å²) in [4.78, 5) is 11.5. The van der Waals surface area contributed by atoms with Gasteiger partial charge in [-0.15, -0.1) is 12.4 Å². The predicted molar refractivity (Wildman–Crippen MR) is 69.5 cm³/mol. The van der Waals surface area contributed by atoms with Gasteiger partial charge in [-0.25, -0.2) is 4.39 Å². The number of rotatable bonds is 5. The normalized spacial score (nSPS) is 9.59. The minimum atomic E-state index is -0.564. The number of halogens is 3. The Kier molecular flexibility index (Phi) is 7.87. The molecule has 17 heavy (non-hydrogen) atoms. The molecule has 2 N–H and O–H groups in total. The van der Waals surface area contributed by atoms with Gasteiger partial charge in [-0.2, -0.15) is 0 Å². The summed E-state index contributed by atoms with van der Waals surface area (Å²) in [5.74, 6) is -1.01. The van der Waals surface area contributed by atoms with E-state index in [9.17, 15) is 9.18 Å². The topological polar surface area (TPSA) is 41.1 Å². The molecule has 1 aromatic carbocycles. The monoisotopic (exact) mass is 280 g/mol. The maximum absolute atomic E-state index is 13.3. The first kappa shape index (κ1) is 16.2. The second-order valence-electron chi connectivity index (χ2n) is 3.23. The highest BCUT2D eigenvalue weighted by Crippen LogP contribution is 2.14. The van der Waals surface area contributed by atoms with Crippen molar-refractivity contribution in [3.05, 3.63) is 34.6 Å². The van der Waals surface area contributed by atoms with Gasteiger partial charge in [0.15, 0.2) is 0 Å². The van der Waals surface area contributed by atoms with E-state index in [0.29, 0.717) is 18.1 Å².